The highest BCUT2D eigenvalue weighted by atomic mass is 35.5. The van der Waals surface area contributed by atoms with E-state index in [-0.39, 0.29) is 36.8 Å². The fourth-order valence-corrected chi connectivity index (χ4v) is 2.48. The van der Waals surface area contributed by atoms with E-state index in [9.17, 15) is 4.79 Å². The van der Waals surface area contributed by atoms with Crippen molar-refractivity contribution in [1.29, 1.82) is 0 Å². The topological polar surface area (TPSA) is 76.8 Å². The van der Waals surface area contributed by atoms with Gasteiger partial charge < -0.3 is 25.4 Å². The van der Waals surface area contributed by atoms with Gasteiger partial charge in [0.25, 0.3) is 5.91 Å². The fourth-order valence-electron chi connectivity index (χ4n) is 2.48. The zero-order valence-electron chi connectivity index (χ0n) is 15.0. The summed E-state index contributed by atoms with van der Waals surface area (Å²) in [5.74, 6) is 0.552. The third-order valence-electron chi connectivity index (χ3n) is 3.85. The first kappa shape index (κ1) is 23.9. The van der Waals surface area contributed by atoms with Crippen LogP contribution in [0.4, 0.5) is 5.69 Å². The van der Waals surface area contributed by atoms with Gasteiger partial charge in [-0.15, -0.1) is 24.8 Å². The van der Waals surface area contributed by atoms with Crippen LogP contribution < -0.4 is 15.8 Å². The number of hydrogen-bond donors (Lipinski definition) is 2. The molecule has 0 unspecified atom stereocenters. The van der Waals surface area contributed by atoms with Gasteiger partial charge in [-0.3, -0.25) is 4.79 Å². The van der Waals surface area contributed by atoms with Crippen molar-refractivity contribution in [3.05, 3.63) is 23.8 Å². The molecule has 1 aliphatic rings. The number of nitrogens with two attached hydrogens (primary N) is 1. The van der Waals surface area contributed by atoms with E-state index < -0.39 is 6.10 Å². The number of carbonyl (C=O) groups excluding carboxylic acids is 1. The van der Waals surface area contributed by atoms with E-state index in [1.807, 2.05) is 44.1 Å². The Bertz CT molecular complexity index is 544. The van der Waals surface area contributed by atoms with Crippen LogP contribution in [0.15, 0.2) is 18.2 Å². The summed E-state index contributed by atoms with van der Waals surface area (Å²) < 4.78 is 11.5. The molecule has 0 spiro atoms. The number of aryl methyl sites for hydroxylation is 1. The number of likely N-dealkylation sites (N-methyl/N-ethyl adjacent to an activating group) is 1. The lowest BCUT2D eigenvalue weighted by Crippen LogP contribution is -2.30. The van der Waals surface area contributed by atoms with Gasteiger partial charge >= 0.3 is 0 Å². The summed E-state index contributed by atoms with van der Waals surface area (Å²) in [6, 6.07) is 5.75. The van der Waals surface area contributed by atoms with E-state index in [4.69, 9.17) is 15.2 Å². The van der Waals surface area contributed by atoms with Gasteiger partial charge in [0.1, 0.15) is 18.5 Å². The van der Waals surface area contributed by atoms with Gasteiger partial charge in [0.2, 0.25) is 0 Å². The van der Waals surface area contributed by atoms with Gasteiger partial charge in [0.05, 0.1) is 11.8 Å². The van der Waals surface area contributed by atoms with Crippen molar-refractivity contribution in [2.24, 2.45) is 5.73 Å². The highest BCUT2D eigenvalue weighted by Crippen LogP contribution is 2.27. The Kier molecular flexibility index (Phi) is 11.1. The first-order valence-electron chi connectivity index (χ1n) is 8.04. The first-order valence-corrected chi connectivity index (χ1v) is 8.04. The van der Waals surface area contributed by atoms with Crippen LogP contribution in [0.2, 0.25) is 0 Å². The molecule has 0 aromatic heterocycles. The smallest absolute Gasteiger partial charge is 0.253 e. The number of amides is 1. The molecule has 1 heterocycles. The average molecular weight is 394 g/mol. The minimum atomic E-state index is -0.431. The predicted octanol–water partition coefficient (Wildman–Crippen LogP) is 2.22. The number of ether oxygens (including phenoxy) is 2. The maximum atomic E-state index is 12.4. The van der Waals surface area contributed by atoms with Gasteiger partial charge in [0, 0.05) is 13.1 Å². The maximum Gasteiger partial charge on any atom is 0.253 e. The normalized spacial score (nSPS) is 19.1. The molecule has 1 fully saturated rings. The van der Waals surface area contributed by atoms with E-state index in [0.29, 0.717) is 31.0 Å². The third kappa shape index (κ3) is 7.38. The molecule has 1 saturated heterocycles. The molecule has 0 bridgehead atoms. The van der Waals surface area contributed by atoms with E-state index in [0.717, 1.165) is 18.5 Å². The van der Waals surface area contributed by atoms with Crippen LogP contribution in [-0.2, 0) is 9.53 Å². The Balaban J connectivity index is 0.00000288. The Morgan fingerprint density at radius 3 is 2.68 bits per heavy atom. The molecule has 1 aromatic carbocycles. The summed E-state index contributed by atoms with van der Waals surface area (Å²) >= 11 is 0. The summed E-state index contributed by atoms with van der Waals surface area (Å²) in [7, 11) is 3.99. The predicted molar refractivity (Wildman–Crippen MR) is 105 cm³/mol. The molecule has 2 rings (SSSR count). The second-order valence-electron chi connectivity index (χ2n) is 6.20. The second-order valence-corrected chi connectivity index (χ2v) is 6.20. The molecule has 1 aromatic rings. The van der Waals surface area contributed by atoms with Crippen LogP contribution in [0.25, 0.3) is 0 Å². The molecule has 1 aliphatic heterocycles. The molecule has 8 heteroatoms. The molecule has 25 heavy (non-hydrogen) atoms. The lowest BCUT2D eigenvalue weighted by molar-refractivity contribution is -0.126. The van der Waals surface area contributed by atoms with E-state index >= 15 is 0 Å². The lowest BCUT2D eigenvalue weighted by Gasteiger charge is -2.17. The van der Waals surface area contributed by atoms with Crippen LogP contribution in [0.5, 0.6) is 5.75 Å². The number of anilines is 1. The van der Waals surface area contributed by atoms with Crippen molar-refractivity contribution in [3.63, 3.8) is 0 Å². The van der Waals surface area contributed by atoms with Crippen molar-refractivity contribution < 1.29 is 14.3 Å². The molecule has 0 saturated carbocycles. The summed E-state index contributed by atoms with van der Waals surface area (Å²) in [6.07, 6.45) is 1.09. The molecule has 2 atom stereocenters. The second kappa shape index (κ2) is 11.5. The zero-order chi connectivity index (χ0) is 16.8. The van der Waals surface area contributed by atoms with Gasteiger partial charge in [-0.1, -0.05) is 6.07 Å². The number of nitrogens with zero attached hydrogens (tertiary/aromatic N) is 1. The molecule has 144 valence electrons. The third-order valence-corrected chi connectivity index (χ3v) is 3.85. The molecular weight excluding hydrogens is 365 g/mol. The highest BCUT2D eigenvalue weighted by molar-refractivity contribution is 5.95. The number of nitrogens with one attached hydrogen (secondary N) is 1. The Morgan fingerprint density at radius 1 is 1.36 bits per heavy atom. The summed E-state index contributed by atoms with van der Waals surface area (Å²) in [5, 5.41) is 2.92. The Hall–Kier alpha value is -1.05. The number of halogens is 2. The number of benzene rings is 1. The van der Waals surface area contributed by atoms with E-state index in [1.54, 1.807) is 0 Å². The van der Waals surface area contributed by atoms with Crippen molar-refractivity contribution in [1.82, 2.24) is 4.90 Å². The lowest BCUT2D eigenvalue weighted by atomic mass is 10.1. The largest absolute Gasteiger partial charge is 0.490 e. The van der Waals surface area contributed by atoms with Gasteiger partial charge in [0.15, 0.2) is 0 Å². The van der Waals surface area contributed by atoms with Crippen LogP contribution in [0, 0.1) is 6.92 Å². The molecule has 0 radical (unpaired) electrons. The van der Waals surface area contributed by atoms with Crippen molar-refractivity contribution >= 4 is 36.4 Å². The monoisotopic (exact) mass is 393 g/mol. The van der Waals surface area contributed by atoms with Crippen LogP contribution >= 0.6 is 24.8 Å². The molecular formula is C17H29Cl2N3O3. The van der Waals surface area contributed by atoms with Crippen LogP contribution in [0.1, 0.15) is 18.4 Å². The zero-order valence-corrected chi connectivity index (χ0v) is 16.6. The first-order chi connectivity index (χ1) is 11.0. The van der Waals surface area contributed by atoms with Crippen LogP contribution in [0.3, 0.4) is 0 Å². The Morgan fingerprint density at radius 2 is 2.08 bits per heavy atom. The average Bonchev–Trinajstić information content (AvgIpc) is 2.98. The maximum absolute atomic E-state index is 12.4. The Labute approximate surface area is 162 Å². The molecule has 1 amide bonds. The minimum absolute atomic E-state index is 0. The quantitative estimate of drug-likeness (QED) is 0.742. The van der Waals surface area contributed by atoms with Crippen LogP contribution in [-0.4, -0.2) is 56.8 Å². The van der Waals surface area contributed by atoms with E-state index in [2.05, 4.69) is 5.32 Å². The van der Waals surface area contributed by atoms with E-state index in [1.165, 1.54) is 0 Å². The van der Waals surface area contributed by atoms with Crippen molar-refractivity contribution in [2.45, 2.75) is 32.0 Å². The van der Waals surface area contributed by atoms with Crippen molar-refractivity contribution in [2.75, 3.05) is 39.1 Å². The minimum Gasteiger partial charge on any atom is -0.490 e. The van der Waals surface area contributed by atoms with Gasteiger partial charge in [-0.05, 0) is 51.6 Å². The van der Waals surface area contributed by atoms with Gasteiger partial charge in [-0.2, -0.15) is 0 Å². The summed E-state index contributed by atoms with van der Waals surface area (Å²) in [4.78, 5) is 14.4. The van der Waals surface area contributed by atoms with Crippen molar-refractivity contribution in [3.8, 4) is 5.75 Å². The fraction of sp³-hybridized carbons (Fsp3) is 0.588. The SMILES string of the molecule is Cc1ccc(NC(=O)[C@@H]2CC[C@H](CN)O2)c(OCCN(C)C)c1.Cl.Cl. The number of rotatable bonds is 7. The summed E-state index contributed by atoms with van der Waals surface area (Å²) in [6.45, 7) is 3.82. The van der Waals surface area contributed by atoms with Gasteiger partial charge in [-0.25, -0.2) is 0 Å². The molecule has 3 N–H and O–H groups in total. The highest BCUT2D eigenvalue weighted by Gasteiger charge is 2.30. The standard InChI is InChI=1S/C17H27N3O3.2ClH/c1-12-4-6-14(16(10-12)22-9-8-20(2)3)19-17(21)15-7-5-13(11-18)23-15;;/h4,6,10,13,15H,5,7-9,11,18H2,1-3H3,(H,19,21);2*1H/t13-,15+;;/m1../s1. The number of carbonyl (C=O) groups is 1. The summed E-state index contributed by atoms with van der Waals surface area (Å²) in [5.41, 5.74) is 7.35. The molecule has 6 nitrogen and oxygen atoms in total. The number of hydrogen-bond acceptors (Lipinski definition) is 5. The molecule has 0 aliphatic carbocycles.